The van der Waals surface area contributed by atoms with Crippen LogP contribution in [0.15, 0.2) is 18.2 Å². The van der Waals surface area contributed by atoms with Gasteiger partial charge in [0.1, 0.15) is 5.60 Å². The van der Waals surface area contributed by atoms with Gasteiger partial charge in [-0.05, 0) is 24.6 Å². The SMILES string of the molecule is CC1(c2ccc3c(c2)OCO3)CCC(=O)O1. The summed E-state index contributed by atoms with van der Waals surface area (Å²) < 4.78 is 15.9. The summed E-state index contributed by atoms with van der Waals surface area (Å²) in [7, 11) is 0. The molecular formula is C12H12O4. The quantitative estimate of drug-likeness (QED) is 0.679. The Morgan fingerprint density at radius 2 is 2.06 bits per heavy atom. The number of cyclic esters (lactones) is 1. The number of benzene rings is 1. The first-order valence-corrected chi connectivity index (χ1v) is 5.29. The van der Waals surface area contributed by atoms with Crippen LogP contribution in [0.3, 0.4) is 0 Å². The molecule has 1 aromatic carbocycles. The zero-order chi connectivity index (χ0) is 11.2. The van der Waals surface area contributed by atoms with Crippen molar-refractivity contribution in [2.75, 3.05) is 6.79 Å². The Morgan fingerprint density at radius 1 is 1.25 bits per heavy atom. The van der Waals surface area contributed by atoms with Gasteiger partial charge in [-0.15, -0.1) is 0 Å². The van der Waals surface area contributed by atoms with E-state index >= 15 is 0 Å². The van der Waals surface area contributed by atoms with Gasteiger partial charge in [-0.1, -0.05) is 6.07 Å². The number of hydrogen-bond acceptors (Lipinski definition) is 4. The molecule has 4 heteroatoms. The van der Waals surface area contributed by atoms with E-state index in [2.05, 4.69) is 0 Å². The van der Waals surface area contributed by atoms with Crippen molar-refractivity contribution in [2.24, 2.45) is 0 Å². The van der Waals surface area contributed by atoms with E-state index in [1.807, 2.05) is 25.1 Å². The van der Waals surface area contributed by atoms with Gasteiger partial charge in [0.25, 0.3) is 0 Å². The smallest absolute Gasteiger partial charge is 0.306 e. The molecule has 0 saturated carbocycles. The Morgan fingerprint density at radius 3 is 2.81 bits per heavy atom. The highest BCUT2D eigenvalue weighted by molar-refractivity contribution is 5.72. The van der Waals surface area contributed by atoms with Gasteiger partial charge in [-0.25, -0.2) is 0 Å². The number of hydrogen-bond donors (Lipinski definition) is 0. The van der Waals surface area contributed by atoms with Gasteiger partial charge >= 0.3 is 5.97 Å². The zero-order valence-electron chi connectivity index (χ0n) is 8.99. The Balaban J connectivity index is 1.98. The molecule has 1 saturated heterocycles. The minimum absolute atomic E-state index is 0.139. The van der Waals surface area contributed by atoms with E-state index in [1.54, 1.807) is 0 Å². The lowest BCUT2D eigenvalue weighted by Gasteiger charge is -2.23. The summed E-state index contributed by atoms with van der Waals surface area (Å²) in [4.78, 5) is 11.2. The van der Waals surface area contributed by atoms with E-state index in [-0.39, 0.29) is 12.8 Å². The average molecular weight is 220 g/mol. The van der Waals surface area contributed by atoms with E-state index in [9.17, 15) is 4.79 Å². The van der Waals surface area contributed by atoms with E-state index in [4.69, 9.17) is 14.2 Å². The monoisotopic (exact) mass is 220 g/mol. The third-order valence-electron chi connectivity index (χ3n) is 3.13. The van der Waals surface area contributed by atoms with Gasteiger partial charge in [0, 0.05) is 12.8 Å². The van der Waals surface area contributed by atoms with E-state index in [0.29, 0.717) is 12.8 Å². The molecule has 0 radical (unpaired) electrons. The lowest BCUT2D eigenvalue weighted by atomic mass is 9.93. The van der Waals surface area contributed by atoms with E-state index in [0.717, 1.165) is 17.1 Å². The standard InChI is InChI=1S/C12H12O4/c1-12(5-4-11(13)16-12)8-2-3-9-10(6-8)15-7-14-9/h2-3,6H,4-5,7H2,1H3. The van der Waals surface area contributed by atoms with Crippen LogP contribution in [0.25, 0.3) is 0 Å². The van der Waals surface area contributed by atoms with Crippen molar-refractivity contribution in [2.45, 2.75) is 25.4 Å². The van der Waals surface area contributed by atoms with Crippen LogP contribution in [-0.4, -0.2) is 12.8 Å². The Kier molecular flexibility index (Phi) is 1.87. The molecular weight excluding hydrogens is 208 g/mol. The van der Waals surface area contributed by atoms with Crippen LogP contribution in [0.2, 0.25) is 0 Å². The van der Waals surface area contributed by atoms with Gasteiger partial charge in [-0.2, -0.15) is 0 Å². The molecule has 4 nitrogen and oxygen atoms in total. The number of fused-ring (bicyclic) bond motifs is 1. The molecule has 2 heterocycles. The first kappa shape index (κ1) is 9.51. The predicted octanol–water partition coefficient (Wildman–Crippen LogP) is 1.97. The van der Waals surface area contributed by atoms with Crippen molar-refractivity contribution in [3.63, 3.8) is 0 Å². The van der Waals surface area contributed by atoms with Gasteiger partial charge in [-0.3, -0.25) is 4.79 Å². The maximum absolute atomic E-state index is 11.2. The predicted molar refractivity (Wildman–Crippen MR) is 55.2 cm³/mol. The molecule has 0 N–H and O–H groups in total. The normalized spacial score (nSPS) is 26.9. The fraction of sp³-hybridized carbons (Fsp3) is 0.417. The van der Waals surface area contributed by atoms with Gasteiger partial charge in [0.2, 0.25) is 6.79 Å². The number of carbonyl (C=O) groups is 1. The van der Waals surface area contributed by atoms with Gasteiger partial charge in [0.15, 0.2) is 11.5 Å². The summed E-state index contributed by atoms with van der Waals surface area (Å²) in [6.07, 6.45) is 1.19. The first-order chi connectivity index (χ1) is 7.67. The largest absolute Gasteiger partial charge is 0.454 e. The molecule has 1 aromatic rings. The van der Waals surface area contributed by atoms with Gasteiger partial charge < -0.3 is 14.2 Å². The summed E-state index contributed by atoms with van der Waals surface area (Å²) in [5, 5.41) is 0. The maximum Gasteiger partial charge on any atom is 0.306 e. The Bertz CT molecular complexity index is 454. The lowest BCUT2D eigenvalue weighted by Crippen LogP contribution is -2.20. The average Bonchev–Trinajstić information content (AvgIpc) is 2.84. The second-order valence-electron chi connectivity index (χ2n) is 4.27. The summed E-state index contributed by atoms with van der Waals surface area (Å²) >= 11 is 0. The lowest BCUT2D eigenvalue weighted by molar-refractivity contribution is -0.147. The van der Waals surface area contributed by atoms with Crippen molar-refractivity contribution in [3.05, 3.63) is 23.8 Å². The molecule has 0 aliphatic carbocycles. The molecule has 1 unspecified atom stereocenters. The van der Waals surface area contributed by atoms with Gasteiger partial charge in [0.05, 0.1) is 0 Å². The highest BCUT2D eigenvalue weighted by Gasteiger charge is 2.38. The van der Waals surface area contributed by atoms with Crippen LogP contribution in [0, 0.1) is 0 Å². The molecule has 84 valence electrons. The van der Waals surface area contributed by atoms with Crippen molar-refractivity contribution in [1.29, 1.82) is 0 Å². The molecule has 0 amide bonds. The third kappa shape index (κ3) is 1.33. The molecule has 0 aromatic heterocycles. The number of carbonyl (C=O) groups excluding carboxylic acids is 1. The van der Waals surface area contributed by atoms with Crippen LogP contribution in [0.4, 0.5) is 0 Å². The van der Waals surface area contributed by atoms with E-state index in [1.165, 1.54) is 0 Å². The first-order valence-electron chi connectivity index (χ1n) is 5.29. The number of esters is 1. The molecule has 1 atom stereocenters. The third-order valence-corrected chi connectivity index (χ3v) is 3.13. The number of rotatable bonds is 1. The molecule has 2 aliphatic rings. The molecule has 1 fully saturated rings. The highest BCUT2D eigenvalue weighted by atomic mass is 16.7. The second-order valence-corrected chi connectivity index (χ2v) is 4.27. The minimum atomic E-state index is -0.516. The molecule has 16 heavy (non-hydrogen) atoms. The maximum atomic E-state index is 11.2. The van der Waals surface area contributed by atoms with Crippen LogP contribution < -0.4 is 9.47 Å². The second kappa shape index (κ2) is 3.14. The van der Waals surface area contributed by atoms with Crippen LogP contribution in [-0.2, 0) is 15.1 Å². The van der Waals surface area contributed by atoms with Crippen molar-refractivity contribution < 1.29 is 19.0 Å². The van der Waals surface area contributed by atoms with Crippen LogP contribution in [0.5, 0.6) is 11.5 Å². The molecule has 3 rings (SSSR count). The summed E-state index contributed by atoms with van der Waals surface area (Å²) in [6.45, 7) is 2.19. The zero-order valence-corrected chi connectivity index (χ0v) is 8.99. The molecule has 0 spiro atoms. The summed E-state index contributed by atoms with van der Waals surface area (Å²) in [5.74, 6) is 1.33. The fourth-order valence-corrected chi connectivity index (χ4v) is 2.12. The fourth-order valence-electron chi connectivity index (χ4n) is 2.12. The minimum Gasteiger partial charge on any atom is -0.454 e. The topological polar surface area (TPSA) is 44.8 Å². The molecule has 2 aliphatic heterocycles. The summed E-state index contributed by atoms with van der Waals surface area (Å²) in [6, 6.07) is 5.67. The number of ether oxygens (including phenoxy) is 3. The van der Waals surface area contributed by atoms with E-state index < -0.39 is 5.60 Å². The Labute approximate surface area is 93.1 Å². The van der Waals surface area contributed by atoms with Crippen molar-refractivity contribution in [3.8, 4) is 11.5 Å². The van der Waals surface area contributed by atoms with Crippen LogP contribution in [0.1, 0.15) is 25.3 Å². The van der Waals surface area contributed by atoms with Crippen molar-refractivity contribution >= 4 is 5.97 Å². The highest BCUT2D eigenvalue weighted by Crippen LogP contribution is 2.41. The molecule has 0 bridgehead atoms. The van der Waals surface area contributed by atoms with Crippen molar-refractivity contribution in [1.82, 2.24) is 0 Å². The Hall–Kier alpha value is -1.71. The summed E-state index contributed by atoms with van der Waals surface area (Å²) in [5.41, 5.74) is 0.445. The van der Waals surface area contributed by atoms with Crippen LogP contribution >= 0.6 is 0 Å².